The summed E-state index contributed by atoms with van der Waals surface area (Å²) in [5.74, 6) is 0.00916. The summed E-state index contributed by atoms with van der Waals surface area (Å²) in [5.41, 5.74) is 0.692. The van der Waals surface area contributed by atoms with Crippen molar-refractivity contribution in [3.8, 4) is 16.5 Å². The van der Waals surface area contributed by atoms with Crippen LogP contribution in [0.15, 0.2) is 42.6 Å². The number of aromatic nitrogens is 3. The zero-order chi connectivity index (χ0) is 17.8. The van der Waals surface area contributed by atoms with Gasteiger partial charge in [-0.2, -0.15) is 0 Å². The summed E-state index contributed by atoms with van der Waals surface area (Å²) in [6.07, 6.45) is 0.890. The molecule has 2 heterocycles. The maximum Gasteiger partial charge on any atom is 0.266 e. The van der Waals surface area contributed by atoms with Crippen molar-refractivity contribution in [1.82, 2.24) is 15.2 Å². The molecule has 9 heteroatoms. The molecule has 3 rings (SSSR count). The number of nitrogens with one attached hydrogen (secondary N) is 1. The summed E-state index contributed by atoms with van der Waals surface area (Å²) in [5, 5.41) is 12.4. The molecule has 0 aliphatic rings. The van der Waals surface area contributed by atoms with Crippen LogP contribution in [0, 0.1) is 0 Å². The van der Waals surface area contributed by atoms with E-state index in [1.165, 1.54) is 11.3 Å². The van der Waals surface area contributed by atoms with Gasteiger partial charge in [0.25, 0.3) is 5.91 Å². The summed E-state index contributed by atoms with van der Waals surface area (Å²) in [7, 11) is 0. The number of rotatable bonds is 5. The largest absolute Gasteiger partial charge is 0.479 e. The first-order valence-corrected chi connectivity index (χ1v) is 8.77. The summed E-state index contributed by atoms with van der Waals surface area (Å²) >= 11 is 13.1. The lowest BCUT2D eigenvalue weighted by atomic mass is 10.3. The fourth-order valence-electron chi connectivity index (χ4n) is 1.89. The summed E-state index contributed by atoms with van der Waals surface area (Å²) in [6.45, 7) is 1.61. The lowest BCUT2D eigenvalue weighted by molar-refractivity contribution is -0.122. The van der Waals surface area contributed by atoms with Gasteiger partial charge in [0.05, 0.1) is 5.02 Å². The molecule has 6 nitrogen and oxygen atoms in total. The first-order chi connectivity index (χ1) is 12.0. The van der Waals surface area contributed by atoms with E-state index in [9.17, 15) is 4.79 Å². The van der Waals surface area contributed by atoms with Crippen molar-refractivity contribution in [2.75, 3.05) is 5.32 Å². The highest BCUT2D eigenvalue weighted by atomic mass is 35.5. The topological polar surface area (TPSA) is 77.0 Å². The number of benzene rings is 1. The Morgan fingerprint density at radius 2 is 2.08 bits per heavy atom. The Balaban J connectivity index is 1.65. The average molecular weight is 395 g/mol. The molecule has 0 spiro atoms. The van der Waals surface area contributed by atoms with Crippen molar-refractivity contribution >= 4 is 45.6 Å². The molecule has 0 aliphatic heterocycles. The van der Waals surface area contributed by atoms with Crippen LogP contribution in [0.2, 0.25) is 10.0 Å². The van der Waals surface area contributed by atoms with Gasteiger partial charge in [0.1, 0.15) is 11.4 Å². The van der Waals surface area contributed by atoms with Crippen LogP contribution in [-0.2, 0) is 4.79 Å². The average Bonchev–Trinajstić information content (AvgIpc) is 3.06. The van der Waals surface area contributed by atoms with E-state index in [4.69, 9.17) is 27.9 Å². The van der Waals surface area contributed by atoms with Crippen molar-refractivity contribution in [1.29, 1.82) is 0 Å². The van der Waals surface area contributed by atoms with E-state index < -0.39 is 6.10 Å². The number of hydrogen-bond donors (Lipinski definition) is 1. The van der Waals surface area contributed by atoms with Gasteiger partial charge in [-0.05, 0) is 37.3 Å². The second kappa shape index (κ2) is 7.77. The molecule has 0 radical (unpaired) electrons. The van der Waals surface area contributed by atoms with Crippen molar-refractivity contribution in [3.63, 3.8) is 0 Å². The van der Waals surface area contributed by atoms with Crippen LogP contribution in [0.1, 0.15) is 6.92 Å². The maximum atomic E-state index is 12.3. The first kappa shape index (κ1) is 17.6. The van der Waals surface area contributed by atoms with E-state index in [-0.39, 0.29) is 5.91 Å². The number of carbonyl (C=O) groups is 1. The second-order valence-corrected chi connectivity index (χ2v) is 6.77. The number of halogens is 2. The monoisotopic (exact) mass is 394 g/mol. The van der Waals surface area contributed by atoms with Gasteiger partial charge in [-0.15, -0.1) is 10.2 Å². The number of hydrogen-bond acceptors (Lipinski definition) is 6. The van der Waals surface area contributed by atoms with Crippen LogP contribution in [0.25, 0.3) is 10.7 Å². The van der Waals surface area contributed by atoms with Crippen LogP contribution in [0.4, 0.5) is 5.13 Å². The smallest absolute Gasteiger partial charge is 0.266 e. The van der Waals surface area contributed by atoms with E-state index in [2.05, 4.69) is 20.5 Å². The molecular weight excluding hydrogens is 383 g/mol. The van der Waals surface area contributed by atoms with Gasteiger partial charge in [0, 0.05) is 11.2 Å². The zero-order valence-corrected chi connectivity index (χ0v) is 15.3. The third-order valence-corrected chi connectivity index (χ3v) is 4.50. The molecule has 3 aromatic rings. The number of anilines is 1. The lowest BCUT2D eigenvalue weighted by Crippen LogP contribution is -2.30. The van der Waals surface area contributed by atoms with Gasteiger partial charge in [-0.1, -0.05) is 40.6 Å². The van der Waals surface area contributed by atoms with Crippen LogP contribution >= 0.6 is 34.5 Å². The minimum absolute atomic E-state index is 0.334. The third-order valence-electron chi connectivity index (χ3n) is 3.11. The van der Waals surface area contributed by atoms with Gasteiger partial charge in [0.15, 0.2) is 11.1 Å². The van der Waals surface area contributed by atoms with Crippen LogP contribution in [0.5, 0.6) is 5.75 Å². The number of nitrogens with zero attached hydrogens (tertiary/aromatic N) is 3. The van der Waals surface area contributed by atoms with Crippen molar-refractivity contribution in [3.05, 3.63) is 52.6 Å². The third kappa shape index (κ3) is 4.45. The zero-order valence-electron chi connectivity index (χ0n) is 12.9. The Bertz CT molecular complexity index is 889. The normalized spacial score (nSPS) is 11.8. The summed E-state index contributed by atoms with van der Waals surface area (Å²) in [4.78, 5) is 16.5. The molecule has 25 heavy (non-hydrogen) atoms. The summed E-state index contributed by atoms with van der Waals surface area (Å²) < 4.78 is 5.57. The summed E-state index contributed by atoms with van der Waals surface area (Å²) in [6, 6.07) is 10.3. The Morgan fingerprint density at radius 1 is 1.24 bits per heavy atom. The molecule has 1 amide bonds. The molecule has 0 aliphatic carbocycles. The highest BCUT2D eigenvalue weighted by Gasteiger charge is 2.18. The van der Waals surface area contributed by atoms with Gasteiger partial charge in [-0.25, -0.2) is 0 Å². The predicted octanol–water partition coefficient (Wildman–Crippen LogP) is 4.31. The highest BCUT2D eigenvalue weighted by Crippen LogP contribution is 2.29. The van der Waals surface area contributed by atoms with E-state index >= 15 is 0 Å². The number of amides is 1. The number of carbonyl (C=O) groups excluding carboxylic acids is 1. The van der Waals surface area contributed by atoms with Gasteiger partial charge >= 0.3 is 0 Å². The Labute approximate surface area is 157 Å². The molecule has 0 bridgehead atoms. The molecule has 128 valence electrons. The molecule has 2 aromatic heterocycles. The Kier molecular flexibility index (Phi) is 5.47. The van der Waals surface area contributed by atoms with Crippen LogP contribution in [0.3, 0.4) is 0 Å². The SMILES string of the molecule is C[C@H](Oc1ccc(Cl)cc1Cl)C(=O)Nc1nnc(-c2ccccn2)s1. The Hall–Kier alpha value is -2.22. The van der Waals surface area contributed by atoms with Crippen LogP contribution in [-0.4, -0.2) is 27.2 Å². The van der Waals surface area contributed by atoms with Gasteiger partial charge < -0.3 is 4.74 Å². The Morgan fingerprint density at radius 3 is 2.80 bits per heavy atom. The standard InChI is InChI=1S/C16H12Cl2N4O2S/c1-9(24-13-6-5-10(17)8-11(13)18)14(23)20-16-22-21-15(25-16)12-4-2-3-7-19-12/h2-9H,1H3,(H,20,22,23)/t9-/m0/s1. The predicted molar refractivity (Wildman–Crippen MR) is 98.3 cm³/mol. The van der Waals surface area contributed by atoms with Gasteiger partial charge in [0.2, 0.25) is 5.13 Å². The molecule has 1 atom stereocenters. The quantitative estimate of drug-likeness (QED) is 0.697. The minimum Gasteiger partial charge on any atom is -0.479 e. The minimum atomic E-state index is -0.777. The molecule has 1 N–H and O–H groups in total. The molecule has 0 saturated heterocycles. The number of pyridine rings is 1. The van der Waals surface area contributed by atoms with Crippen molar-refractivity contribution in [2.24, 2.45) is 0 Å². The van der Waals surface area contributed by atoms with E-state index in [1.54, 1.807) is 31.3 Å². The maximum absolute atomic E-state index is 12.3. The molecule has 0 unspecified atom stereocenters. The van der Waals surface area contributed by atoms with Crippen molar-refractivity contribution < 1.29 is 9.53 Å². The lowest BCUT2D eigenvalue weighted by Gasteiger charge is -2.14. The molecular formula is C16H12Cl2N4O2S. The van der Waals surface area contributed by atoms with E-state index in [1.807, 2.05) is 18.2 Å². The first-order valence-electron chi connectivity index (χ1n) is 7.20. The molecule has 0 fully saturated rings. The van der Waals surface area contributed by atoms with E-state index in [0.29, 0.717) is 31.6 Å². The van der Waals surface area contributed by atoms with E-state index in [0.717, 1.165) is 0 Å². The molecule has 1 aromatic carbocycles. The van der Waals surface area contributed by atoms with Crippen molar-refractivity contribution in [2.45, 2.75) is 13.0 Å². The molecule has 0 saturated carbocycles. The highest BCUT2D eigenvalue weighted by molar-refractivity contribution is 7.18. The second-order valence-electron chi connectivity index (χ2n) is 4.95. The van der Waals surface area contributed by atoms with Gasteiger partial charge in [-0.3, -0.25) is 15.1 Å². The van der Waals surface area contributed by atoms with Crippen LogP contribution < -0.4 is 10.1 Å². The fraction of sp³-hybridized carbons (Fsp3) is 0.125. The fourth-order valence-corrected chi connectivity index (χ4v) is 3.06. The number of ether oxygens (including phenoxy) is 1.